The summed E-state index contributed by atoms with van der Waals surface area (Å²) in [5.74, 6) is 6.54. The van der Waals surface area contributed by atoms with Gasteiger partial charge in [0.05, 0.1) is 18.8 Å². The Bertz CT molecular complexity index is 353. The number of rotatable bonds is 7. The molecule has 0 amide bonds. The van der Waals surface area contributed by atoms with Gasteiger partial charge in [0.15, 0.2) is 0 Å². The van der Waals surface area contributed by atoms with Crippen LogP contribution in [0.4, 0.5) is 0 Å². The fourth-order valence-corrected chi connectivity index (χ4v) is 2.14. The highest BCUT2D eigenvalue weighted by Gasteiger charge is 2.33. The van der Waals surface area contributed by atoms with Gasteiger partial charge in [-0.2, -0.15) is 0 Å². The van der Waals surface area contributed by atoms with Crippen molar-refractivity contribution in [3.05, 3.63) is 29.8 Å². The zero-order valence-corrected chi connectivity index (χ0v) is 11.7. The molecule has 0 bridgehead atoms. The van der Waals surface area contributed by atoms with Crippen LogP contribution in [0.2, 0.25) is 0 Å². The van der Waals surface area contributed by atoms with Gasteiger partial charge in [-0.15, -0.1) is 0 Å². The van der Waals surface area contributed by atoms with E-state index in [0.717, 1.165) is 17.7 Å². The number of nitrogens with one attached hydrogen (secondary N) is 1. The Hall–Kier alpha value is -1.10. The summed E-state index contributed by atoms with van der Waals surface area (Å²) >= 11 is 0. The first-order chi connectivity index (χ1) is 8.61. The Morgan fingerprint density at radius 1 is 1.28 bits per heavy atom. The van der Waals surface area contributed by atoms with Crippen molar-refractivity contribution < 1.29 is 9.47 Å². The highest BCUT2D eigenvalue weighted by Crippen LogP contribution is 2.32. The van der Waals surface area contributed by atoms with Gasteiger partial charge in [0.2, 0.25) is 0 Å². The molecule has 0 aliphatic rings. The summed E-state index contributed by atoms with van der Waals surface area (Å²) in [6.45, 7) is 6.84. The molecule has 0 radical (unpaired) electrons. The number of methoxy groups -OCH3 is 1. The van der Waals surface area contributed by atoms with E-state index in [9.17, 15) is 0 Å². The third-order valence-corrected chi connectivity index (χ3v) is 3.40. The van der Waals surface area contributed by atoms with E-state index < -0.39 is 0 Å². The second-order valence-electron chi connectivity index (χ2n) is 4.47. The average molecular weight is 252 g/mol. The summed E-state index contributed by atoms with van der Waals surface area (Å²) in [7, 11) is 1.66. The molecule has 0 fully saturated rings. The first-order valence-electron chi connectivity index (χ1n) is 6.35. The third-order valence-electron chi connectivity index (χ3n) is 3.40. The lowest BCUT2D eigenvalue weighted by Crippen LogP contribution is -2.46. The van der Waals surface area contributed by atoms with Crippen molar-refractivity contribution in [3.8, 4) is 5.75 Å². The van der Waals surface area contributed by atoms with Crippen LogP contribution in [0, 0.1) is 0 Å². The van der Waals surface area contributed by atoms with Gasteiger partial charge in [-0.05, 0) is 38.0 Å². The quantitative estimate of drug-likeness (QED) is 0.578. The molecule has 0 aliphatic carbocycles. The molecule has 1 aromatic rings. The van der Waals surface area contributed by atoms with Gasteiger partial charge < -0.3 is 9.47 Å². The highest BCUT2D eigenvalue weighted by atomic mass is 16.5. The molecule has 1 aromatic carbocycles. The molecule has 18 heavy (non-hydrogen) atoms. The molecular formula is C14H24N2O2. The third kappa shape index (κ3) is 3.22. The number of hydrogen-bond acceptors (Lipinski definition) is 4. The molecule has 4 heteroatoms. The number of ether oxygens (including phenoxy) is 2. The molecule has 0 saturated heterocycles. The molecule has 2 atom stereocenters. The van der Waals surface area contributed by atoms with Crippen LogP contribution in [0.1, 0.15) is 38.8 Å². The average Bonchev–Trinajstić information content (AvgIpc) is 2.40. The van der Waals surface area contributed by atoms with Crippen LogP contribution in [-0.2, 0) is 4.74 Å². The summed E-state index contributed by atoms with van der Waals surface area (Å²) in [6.07, 6.45) is 0.877. The smallest absolute Gasteiger partial charge is 0.118 e. The lowest BCUT2D eigenvalue weighted by Gasteiger charge is -2.36. The van der Waals surface area contributed by atoms with Gasteiger partial charge in [0.25, 0.3) is 0 Å². The predicted molar refractivity (Wildman–Crippen MR) is 73.4 cm³/mol. The Morgan fingerprint density at radius 2 is 1.89 bits per heavy atom. The van der Waals surface area contributed by atoms with E-state index in [1.807, 2.05) is 31.2 Å². The minimum Gasteiger partial charge on any atom is -0.497 e. The van der Waals surface area contributed by atoms with Crippen LogP contribution in [0.3, 0.4) is 0 Å². The second kappa shape index (κ2) is 6.73. The summed E-state index contributed by atoms with van der Waals surface area (Å²) in [4.78, 5) is 0. The van der Waals surface area contributed by atoms with Gasteiger partial charge in [-0.3, -0.25) is 11.3 Å². The summed E-state index contributed by atoms with van der Waals surface area (Å²) < 4.78 is 11.0. The molecule has 1 rings (SSSR count). The monoisotopic (exact) mass is 252 g/mol. The van der Waals surface area contributed by atoms with Crippen molar-refractivity contribution in [2.45, 2.75) is 38.8 Å². The Kier molecular flexibility index (Phi) is 5.59. The van der Waals surface area contributed by atoms with Gasteiger partial charge in [-0.1, -0.05) is 19.1 Å². The number of hydrazine groups is 1. The van der Waals surface area contributed by atoms with Gasteiger partial charge >= 0.3 is 0 Å². The van der Waals surface area contributed by atoms with E-state index in [-0.39, 0.29) is 11.6 Å². The summed E-state index contributed by atoms with van der Waals surface area (Å²) in [5.41, 5.74) is 3.64. The lowest BCUT2D eigenvalue weighted by atomic mass is 9.88. The van der Waals surface area contributed by atoms with E-state index in [1.54, 1.807) is 7.11 Å². The molecule has 2 unspecified atom stereocenters. The number of hydrogen-bond donors (Lipinski definition) is 2. The van der Waals surface area contributed by atoms with Gasteiger partial charge in [0.1, 0.15) is 5.75 Å². The zero-order valence-electron chi connectivity index (χ0n) is 11.7. The molecule has 0 aromatic heterocycles. The van der Waals surface area contributed by atoms with Crippen LogP contribution in [-0.4, -0.2) is 19.3 Å². The predicted octanol–water partition coefficient (Wildman–Crippen LogP) is 2.40. The maximum atomic E-state index is 5.87. The largest absolute Gasteiger partial charge is 0.497 e. The van der Waals surface area contributed by atoms with Crippen LogP contribution in [0.25, 0.3) is 0 Å². The van der Waals surface area contributed by atoms with Crippen molar-refractivity contribution in [1.29, 1.82) is 0 Å². The Morgan fingerprint density at radius 3 is 2.28 bits per heavy atom. The van der Waals surface area contributed by atoms with E-state index in [4.69, 9.17) is 15.3 Å². The molecule has 0 aliphatic heterocycles. The van der Waals surface area contributed by atoms with Crippen LogP contribution < -0.4 is 16.0 Å². The molecule has 0 spiro atoms. The molecule has 4 nitrogen and oxygen atoms in total. The van der Waals surface area contributed by atoms with Gasteiger partial charge in [-0.25, -0.2) is 0 Å². The lowest BCUT2D eigenvalue weighted by molar-refractivity contribution is -0.0564. The van der Waals surface area contributed by atoms with Crippen molar-refractivity contribution in [2.24, 2.45) is 5.84 Å². The Labute approximate surface area is 109 Å². The second-order valence-corrected chi connectivity index (χ2v) is 4.47. The van der Waals surface area contributed by atoms with Crippen LogP contribution >= 0.6 is 0 Å². The van der Waals surface area contributed by atoms with Crippen molar-refractivity contribution in [2.75, 3.05) is 13.7 Å². The maximum absolute atomic E-state index is 5.87. The highest BCUT2D eigenvalue weighted by molar-refractivity contribution is 5.30. The molecule has 0 saturated carbocycles. The minimum absolute atomic E-state index is 0.0478. The molecule has 102 valence electrons. The molecule has 3 N–H and O–H groups in total. The fraction of sp³-hybridized carbons (Fsp3) is 0.571. The number of benzene rings is 1. The van der Waals surface area contributed by atoms with Crippen LogP contribution in [0.15, 0.2) is 24.3 Å². The SMILES string of the molecule is CCOC(C)(CC)C(NN)c1ccc(OC)cc1. The normalized spacial score (nSPS) is 16.1. The fourth-order valence-electron chi connectivity index (χ4n) is 2.14. The van der Waals surface area contributed by atoms with Gasteiger partial charge in [0, 0.05) is 6.61 Å². The van der Waals surface area contributed by atoms with E-state index in [2.05, 4.69) is 19.3 Å². The number of nitrogens with two attached hydrogens (primary N) is 1. The minimum atomic E-state index is -0.321. The standard InChI is InChI=1S/C14H24N2O2/c1-5-14(3,18-6-2)13(16-15)11-7-9-12(17-4)10-8-11/h7-10,13,16H,5-6,15H2,1-4H3. The van der Waals surface area contributed by atoms with Crippen molar-refractivity contribution in [3.63, 3.8) is 0 Å². The molecule has 0 heterocycles. The van der Waals surface area contributed by atoms with E-state index >= 15 is 0 Å². The van der Waals surface area contributed by atoms with Crippen molar-refractivity contribution in [1.82, 2.24) is 5.43 Å². The van der Waals surface area contributed by atoms with E-state index in [0.29, 0.717) is 6.61 Å². The summed E-state index contributed by atoms with van der Waals surface area (Å²) in [5, 5.41) is 0. The summed E-state index contributed by atoms with van der Waals surface area (Å²) in [6, 6.07) is 7.84. The molecular weight excluding hydrogens is 228 g/mol. The first kappa shape index (κ1) is 15.0. The van der Waals surface area contributed by atoms with E-state index in [1.165, 1.54) is 0 Å². The van der Waals surface area contributed by atoms with Crippen molar-refractivity contribution >= 4 is 0 Å². The van der Waals surface area contributed by atoms with Crippen LogP contribution in [0.5, 0.6) is 5.75 Å². The maximum Gasteiger partial charge on any atom is 0.118 e. The zero-order chi connectivity index (χ0) is 13.6. The first-order valence-corrected chi connectivity index (χ1v) is 6.35. The Balaban J connectivity index is 2.99. The topological polar surface area (TPSA) is 56.5 Å².